The maximum atomic E-state index is 15.5. The van der Waals surface area contributed by atoms with Crippen LogP contribution in [0.3, 0.4) is 0 Å². The summed E-state index contributed by atoms with van der Waals surface area (Å²) in [5, 5.41) is 19.0. The van der Waals surface area contributed by atoms with E-state index < -0.39 is 36.2 Å². The van der Waals surface area contributed by atoms with Crippen LogP contribution in [0.2, 0.25) is 0 Å². The predicted molar refractivity (Wildman–Crippen MR) is 231 cm³/mol. The fourth-order valence-electron chi connectivity index (χ4n) is 9.66. The highest BCUT2D eigenvalue weighted by Crippen LogP contribution is 2.36. The monoisotopic (exact) mass is 899 g/mol. The molecule has 0 radical (unpaired) electrons. The summed E-state index contributed by atoms with van der Waals surface area (Å²) in [7, 11) is 3.41. The van der Waals surface area contributed by atoms with E-state index in [1.54, 1.807) is 35.8 Å². The molecule has 7 heterocycles. The Balaban J connectivity index is 0.755. The molecule has 4 fully saturated rings. The normalized spacial score (nSPS) is 24.4. The van der Waals surface area contributed by atoms with E-state index in [1.807, 2.05) is 23.1 Å². The molecule has 4 atom stereocenters. The van der Waals surface area contributed by atoms with Crippen LogP contribution >= 0.6 is 0 Å². The van der Waals surface area contributed by atoms with Gasteiger partial charge in [-0.1, -0.05) is 24.0 Å². The first-order chi connectivity index (χ1) is 31.5. The van der Waals surface area contributed by atoms with Gasteiger partial charge in [-0.15, -0.1) is 0 Å². The van der Waals surface area contributed by atoms with Crippen molar-refractivity contribution in [3.8, 4) is 11.8 Å². The highest BCUT2D eigenvalue weighted by Gasteiger charge is 2.34. The number of anilines is 2. The van der Waals surface area contributed by atoms with Crippen molar-refractivity contribution in [3.63, 3.8) is 0 Å². The van der Waals surface area contributed by atoms with Gasteiger partial charge < -0.3 is 24.4 Å². The molecule has 65 heavy (non-hydrogen) atoms. The second-order valence-corrected chi connectivity index (χ2v) is 17.3. The number of likely N-dealkylation sites (tertiary alicyclic amines) is 1. The second-order valence-electron chi connectivity index (χ2n) is 17.3. The van der Waals surface area contributed by atoms with Gasteiger partial charge in [0.2, 0.25) is 11.8 Å². The molecule has 2 N–H and O–H groups in total. The highest BCUT2D eigenvalue weighted by molar-refractivity contribution is 6.08. The van der Waals surface area contributed by atoms with Gasteiger partial charge in [-0.05, 0) is 56.6 Å². The maximum Gasteiger partial charge on any atom is 0.284 e. The van der Waals surface area contributed by atoms with E-state index in [1.165, 1.54) is 16.9 Å². The standard InChI is InChI=1S/C45H52F3N11O6/c1-55-41-28(5-3-7-31(41)39(53-55)32-12-13-38(60)52-44(32)61)6-4-19-65-36-14-16-56(24-34(36)46)22-27-8-10-29(11-9-27)59-25-35(40(54-59)42(47)48)50-45(62)33-21-49-58-17-15-37(51-43(33)58)57-18-20-64-30(23-57)26-63-2/h3,5,7,15,17,21,25,27,29-30,32,34,36,42H,8-14,16,18-20,22-24,26H2,1-2H3,(H,50,62)(H,52,60,61)/t27-,29-,30?,32?,34-,36+/m1/s1. The fraction of sp³-hybridized carbons (Fsp3) is 0.533. The van der Waals surface area contributed by atoms with Crippen molar-refractivity contribution in [2.24, 2.45) is 13.0 Å². The third-order valence-corrected chi connectivity index (χ3v) is 13.0. The van der Waals surface area contributed by atoms with E-state index in [0.29, 0.717) is 87.2 Å². The number of para-hydroxylation sites is 1. The Labute approximate surface area is 372 Å². The van der Waals surface area contributed by atoms with Crippen LogP contribution in [0, 0.1) is 17.8 Å². The van der Waals surface area contributed by atoms with Crippen LogP contribution in [0.1, 0.15) is 90.6 Å². The van der Waals surface area contributed by atoms with Crippen LogP contribution in [0.4, 0.5) is 24.7 Å². The Bertz CT molecular complexity index is 2610. The molecule has 2 unspecified atom stereocenters. The van der Waals surface area contributed by atoms with Gasteiger partial charge >= 0.3 is 0 Å². The zero-order valence-corrected chi connectivity index (χ0v) is 36.3. The number of nitrogens with one attached hydrogen (secondary N) is 2. The first kappa shape index (κ1) is 44.3. The molecule has 1 aromatic carbocycles. The van der Waals surface area contributed by atoms with Gasteiger partial charge in [-0.2, -0.15) is 15.3 Å². The zero-order chi connectivity index (χ0) is 45.2. The van der Waals surface area contributed by atoms with Gasteiger partial charge in [0.05, 0.1) is 66.0 Å². The molecule has 1 aliphatic carbocycles. The number of hydrogen-bond acceptors (Lipinski definition) is 12. The minimum Gasteiger partial charge on any atom is -0.382 e. The van der Waals surface area contributed by atoms with Crippen molar-refractivity contribution >= 4 is 45.8 Å². The minimum atomic E-state index is -2.91. The van der Waals surface area contributed by atoms with Gasteiger partial charge in [-0.3, -0.25) is 34.0 Å². The number of aryl methyl sites for hydroxylation is 1. The fourth-order valence-corrected chi connectivity index (χ4v) is 9.66. The molecule has 3 saturated heterocycles. The lowest BCUT2D eigenvalue weighted by atomic mass is 9.85. The van der Waals surface area contributed by atoms with E-state index in [-0.39, 0.29) is 54.8 Å². The highest BCUT2D eigenvalue weighted by atomic mass is 19.3. The van der Waals surface area contributed by atoms with Crippen LogP contribution in [-0.4, -0.2) is 135 Å². The van der Waals surface area contributed by atoms with E-state index >= 15 is 4.39 Å². The molecule has 0 spiro atoms. The Hall–Kier alpha value is -5.88. The van der Waals surface area contributed by atoms with Gasteiger partial charge in [0, 0.05) is 71.1 Å². The first-order valence-electron chi connectivity index (χ1n) is 22.2. The second kappa shape index (κ2) is 19.3. The molecule has 3 aliphatic heterocycles. The van der Waals surface area contributed by atoms with Crippen LogP contribution in [0.15, 0.2) is 42.9 Å². The number of carbonyl (C=O) groups is 3. The number of carbonyl (C=O) groups excluding carboxylic acids is 3. The summed E-state index contributed by atoms with van der Waals surface area (Å²) in [6.45, 7) is 3.82. The number of aromatic nitrogens is 7. The number of methoxy groups -OCH3 is 1. The third-order valence-electron chi connectivity index (χ3n) is 13.0. The zero-order valence-electron chi connectivity index (χ0n) is 36.3. The average molecular weight is 900 g/mol. The molecule has 4 aromatic heterocycles. The summed E-state index contributed by atoms with van der Waals surface area (Å²) in [4.78, 5) is 46.7. The predicted octanol–water partition coefficient (Wildman–Crippen LogP) is 4.59. The SMILES string of the molecule is COCC1CN(c2ccn3ncc(C(=O)Nc4cn([C@H]5CC[C@H](CN6CC[C@H](OCC#Cc7cccc8c(C9CCC(=O)NC9=O)nn(C)c78)[C@H](F)C6)CC5)nc4C(F)F)c3n2)CCO1. The lowest BCUT2D eigenvalue weighted by molar-refractivity contribution is -0.134. The molecule has 344 valence electrons. The molecule has 20 heteroatoms. The number of piperidine rings is 2. The number of alkyl halides is 3. The van der Waals surface area contributed by atoms with Crippen molar-refractivity contribution in [3.05, 3.63) is 65.4 Å². The molecule has 9 rings (SSSR count). The molecule has 5 aromatic rings. The van der Waals surface area contributed by atoms with Crippen molar-refractivity contribution in [2.75, 3.05) is 69.9 Å². The number of morpholine rings is 1. The smallest absolute Gasteiger partial charge is 0.284 e. The van der Waals surface area contributed by atoms with Crippen LogP contribution in [-0.2, 0) is 30.8 Å². The Morgan fingerprint density at radius 3 is 2.71 bits per heavy atom. The quantitative estimate of drug-likeness (QED) is 0.132. The summed E-state index contributed by atoms with van der Waals surface area (Å²) in [5.41, 5.74) is 1.97. The summed E-state index contributed by atoms with van der Waals surface area (Å²) in [5.74, 6) is 5.36. The van der Waals surface area contributed by atoms with Crippen molar-refractivity contribution in [1.82, 2.24) is 44.4 Å². The number of halogens is 3. The molecule has 1 saturated carbocycles. The van der Waals surface area contributed by atoms with Crippen LogP contribution in [0.25, 0.3) is 16.6 Å². The maximum absolute atomic E-state index is 15.5. The van der Waals surface area contributed by atoms with E-state index in [2.05, 4.69) is 42.7 Å². The van der Waals surface area contributed by atoms with Gasteiger partial charge in [0.1, 0.15) is 24.2 Å². The molecule has 4 aliphatic rings. The largest absolute Gasteiger partial charge is 0.382 e. The lowest BCUT2D eigenvalue weighted by Crippen LogP contribution is -2.47. The van der Waals surface area contributed by atoms with Gasteiger partial charge in [0.15, 0.2) is 11.3 Å². The number of hydrogen-bond donors (Lipinski definition) is 2. The Morgan fingerprint density at radius 1 is 1.08 bits per heavy atom. The summed E-state index contributed by atoms with van der Waals surface area (Å²) < 4.78 is 65.8. The first-order valence-corrected chi connectivity index (χ1v) is 22.2. The van der Waals surface area contributed by atoms with Crippen molar-refractivity contribution < 1.29 is 41.8 Å². The number of ether oxygens (including phenoxy) is 3. The number of nitrogens with zero attached hydrogens (tertiary/aromatic N) is 9. The number of fused-ring (bicyclic) bond motifs is 2. The van der Waals surface area contributed by atoms with Crippen molar-refractivity contribution in [2.45, 2.75) is 81.7 Å². The number of benzene rings is 1. The van der Waals surface area contributed by atoms with Gasteiger partial charge in [0.25, 0.3) is 12.3 Å². The summed E-state index contributed by atoms with van der Waals surface area (Å²) in [6.07, 6.45) is 4.01. The summed E-state index contributed by atoms with van der Waals surface area (Å²) >= 11 is 0. The minimum absolute atomic E-state index is 0.0554. The average Bonchev–Trinajstić information content (AvgIpc) is 4.02. The number of rotatable bonds is 12. The molecule has 3 amide bonds. The summed E-state index contributed by atoms with van der Waals surface area (Å²) in [6, 6.07) is 7.29. The van der Waals surface area contributed by atoms with Crippen molar-refractivity contribution in [1.29, 1.82) is 0 Å². The van der Waals surface area contributed by atoms with Crippen LogP contribution < -0.4 is 15.5 Å². The lowest BCUT2D eigenvalue weighted by Gasteiger charge is -2.38. The number of amides is 3. The van der Waals surface area contributed by atoms with E-state index in [9.17, 15) is 23.2 Å². The Morgan fingerprint density at radius 2 is 1.92 bits per heavy atom. The topological polar surface area (TPSA) is 175 Å². The number of imide groups is 1. The molecule has 0 bridgehead atoms. The molecular formula is C45H52F3N11O6. The molecule has 17 nitrogen and oxygen atoms in total. The van der Waals surface area contributed by atoms with Gasteiger partial charge in [-0.25, -0.2) is 22.7 Å². The van der Waals surface area contributed by atoms with Crippen LogP contribution in [0.5, 0.6) is 0 Å². The molecular weight excluding hydrogens is 848 g/mol. The Kier molecular flexibility index (Phi) is 13.2. The third kappa shape index (κ3) is 9.60. The van der Waals surface area contributed by atoms with E-state index in [4.69, 9.17) is 19.2 Å². The van der Waals surface area contributed by atoms with E-state index in [0.717, 1.165) is 30.3 Å².